The largest absolute Gasteiger partial charge is 0.464 e. The Balaban J connectivity index is 2.09. The highest BCUT2D eigenvalue weighted by Gasteiger charge is 2.35. The molecule has 2 rings (SSSR count). The number of esters is 1. The lowest BCUT2D eigenvalue weighted by Gasteiger charge is -2.22. The molecule has 0 spiro atoms. The van der Waals surface area contributed by atoms with Gasteiger partial charge in [-0.15, -0.1) is 11.3 Å². The van der Waals surface area contributed by atoms with Crippen molar-refractivity contribution in [3.05, 3.63) is 16.6 Å². The van der Waals surface area contributed by atoms with E-state index in [2.05, 4.69) is 4.98 Å². The second-order valence-electron chi connectivity index (χ2n) is 3.77. The summed E-state index contributed by atoms with van der Waals surface area (Å²) in [5.41, 5.74) is 1.61. The topological polar surface area (TPSA) is 59.5 Å². The van der Waals surface area contributed by atoms with Crippen molar-refractivity contribution in [2.75, 3.05) is 13.2 Å². The number of hydrogen-bond donors (Lipinski definition) is 0. The number of hydrogen-bond acceptors (Lipinski definition) is 5. The van der Waals surface area contributed by atoms with Gasteiger partial charge in [-0.2, -0.15) is 0 Å². The van der Waals surface area contributed by atoms with Crippen LogP contribution in [0.1, 0.15) is 29.4 Å². The maximum absolute atomic E-state index is 12.1. The van der Waals surface area contributed by atoms with Gasteiger partial charge in [0, 0.05) is 6.54 Å². The lowest BCUT2D eigenvalue weighted by molar-refractivity contribution is -0.147. The summed E-state index contributed by atoms with van der Waals surface area (Å²) in [7, 11) is 0. The molecule has 1 fully saturated rings. The zero-order valence-corrected chi connectivity index (χ0v) is 10.4. The second kappa shape index (κ2) is 5.27. The van der Waals surface area contributed by atoms with E-state index in [1.54, 1.807) is 17.3 Å². The molecule has 1 aromatic rings. The molecule has 0 radical (unpaired) electrons. The minimum atomic E-state index is -0.426. The molecule has 1 aliphatic heterocycles. The molecule has 1 amide bonds. The number of ether oxygens (including phenoxy) is 1. The Morgan fingerprint density at radius 2 is 2.47 bits per heavy atom. The predicted octanol–water partition coefficient (Wildman–Crippen LogP) is 1.31. The van der Waals surface area contributed by atoms with Crippen LogP contribution >= 0.6 is 11.3 Å². The fraction of sp³-hybridized carbons (Fsp3) is 0.545. The van der Waals surface area contributed by atoms with Crippen molar-refractivity contribution in [2.45, 2.75) is 25.8 Å². The van der Waals surface area contributed by atoms with Crippen LogP contribution < -0.4 is 0 Å². The molecular formula is C11H14N2O3S. The van der Waals surface area contributed by atoms with Crippen molar-refractivity contribution in [1.29, 1.82) is 0 Å². The zero-order valence-electron chi connectivity index (χ0n) is 9.59. The molecule has 1 saturated heterocycles. The summed E-state index contributed by atoms with van der Waals surface area (Å²) >= 11 is 1.29. The third kappa shape index (κ3) is 2.46. The van der Waals surface area contributed by atoms with Gasteiger partial charge < -0.3 is 9.64 Å². The van der Waals surface area contributed by atoms with E-state index >= 15 is 0 Å². The maximum atomic E-state index is 12.1. The number of aromatic nitrogens is 1. The van der Waals surface area contributed by atoms with Crippen molar-refractivity contribution in [1.82, 2.24) is 9.88 Å². The van der Waals surface area contributed by atoms with Crippen LogP contribution in [0.4, 0.5) is 0 Å². The fourth-order valence-electron chi connectivity index (χ4n) is 1.96. The van der Waals surface area contributed by atoms with Crippen LogP contribution in [0.5, 0.6) is 0 Å². The van der Waals surface area contributed by atoms with Gasteiger partial charge >= 0.3 is 5.97 Å². The molecule has 1 unspecified atom stereocenters. The van der Waals surface area contributed by atoms with Gasteiger partial charge in [-0.3, -0.25) is 9.78 Å². The number of nitrogens with zero attached hydrogens (tertiary/aromatic N) is 2. The van der Waals surface area contributed by atoms with Crippen LogP contribution in [0, 0.1) is 0 Å². The van der Waals surface area contributed by atoms with Crippen molar-refractivity contribution >= 4 is 23.2 Å². The van der Waals surface area contributed by atoms with Gasteiger partial charge in [-0.1, -0.05) is 0 Å². The van der Waals surface area contributed by atoms with Gasteiger partial charge in [0.15, 0.2) is 0 Å². The average Bonchev–Trinajstić information content (AvgIpc) is 3.00. The normalized spacial score (nSPS) is 19.4. The Morgan fingerprint density at radius 1 is 1.65 bits per heavy atom. The van der Waals surface area contributed by atoms with E-state index in [4.69, 9.17) is 4.74 Å². The summed E-state index contributed by atoms with van der Waals surface area (Å²) in [4.78, 5) is 29.9. The van der Waals surface area contributed by atoms with Gasteiger partial charge in [-0.05, 0) is 19.8 Å². The van der Waals surface area contributed by atoms with Crippen molar-refractivity contribution in [3.8, 4) is 0 Å². The Labute approximate surface area is 103 Å². The van der Waals surface area contributed by atoms with Crippen LogP contribution in [0.2, 0.25) is 0 Å². The summed E-state index contributed by atoms with van der Waals surface area (Å²) in [6.07, 6.45) is 3.06. The number of amides is 1. The van der Waals surface area contributed by atoms with Crippen LogP contribution in [-0.2, 0) is 9.53 Å². The monoisotopic (exact) mass is 254 g/mol. The molecule has 0 bridgehead atoms. The SMILES string of the molecule is CCOC(=O)C1CCCN1C(=O)c1cncs1. The third-order valence-corrected chi connectivity index (χ3v) is 3.48. The first-order valence-electron chi connectivity index (χ1n) is 5.60. The molecule has 6 heteroatoms. The Morgan fingerprint density at radius 3 is 3.12 bits per heavy atom. The molecule has 1 aromatic heterocycles. The number of carbonyl (C=O) groups is 2. The summed E-state index contributed by atoms with van der Waals surface area (Å²) in [6, 6.07) is -0.426. The smallest absolute Gasteiger partial charge is 0.328 e. The quantitative estimate of drug-likeness (QED) is 0.763. The molecule has 0 N–H and O–H groups in total. The van der Waals surface area contributed by atoms with Gasteiger partial charge in [0.25, 0.3) is 5.91 Å². The minimum absolute atomic E-state index is 0.122. The van der Waals surface area contributed by atoms with Crippen LogP contribution in [-0.4, -0.2) is 41.0 Å². The predicted molar refractivity (Wildman–Crippen MR) is 62.8 cm³/mol. The third-order valence-electron chi connectivity index (χ3n) is 2.72. The van der Waals surface area contributed by atoms with E-state index in [0.717, 1.165) is 6.42 Å². The molecule has 5 nitrogen and oxygen atoms in total. The molecule has 17 heavy (non-hydrogen) atoms. The maximum Gasteiger partial charge on any atom is 0.328 e. The van der Waals surface area contributed by atoms with Gasteiger partial charge in [0.2, 0.25) is 0 Å². The molecule has 1 aliphatic rings. The first kappa shape index (κ1) is 12.0. The van der Waals surface area contributed by atoms with E-state index < -0.39 is 6.04 Å². The summed E-state index contributed by atoms with van der Waals surface area (Å²) in [6.45, 7) is 2.72. The molecule has 0 aliphatic carbocycles. The van der Waals surface area contributed by atoms with Crippen molar-refractivity contribution < 1.29 is 14.3 Å². The number of likely N-dealkylation sites (tertiary alicyclic amines) is 1. The highest BCUT2D eigenvalue weighted by molar-refractivity contribution is 7.11. The van der Waals surface area contributed by atoms with Crippen LogP contribution in [0.3, 0.4) is 0 Å². The first-order valence-corrected chi connectivity index (χ1v) is 6.48. The first-order chi connectivity index (χ1) is 8.24. The highest BCUT2D eigenvalue weighted by atomic mass is 32.1. The molecular weight excluding hydrogens is 240 g/mol. The Bertz CT molecular complexity index is 405. The molecule has 2 heterocycles. The van der Waals surface area contributed by atoms with E-state index in [1.165, 1.54) is 17.5 Å². The van der Waals surface area contributed by atoms with Crippen LogP contribution in [0.15, 0.2) is 11.7 Å². The summed E-state index contributed by atoms with van der Waals surface area (Å²) in [5.74, 6) is -0.425. The number of carbonyl (C=O) groups excluding carboxylic acids is 2. The lowest BCUT2D eigenvalue weighted by atomic mass is 10.2. The summed E-state index contributed by atoms with van der Waals surface area (Å²) in [5, 5.41) is 0. The minimum Gasteiger partial charge on any atom is -0.464 e. The van der Waals surface area contributed by atoms with E-state index in [9.17, 15) is 9.59 Å². The Hall–Kier alpha value is -1.43. The van der Waals surface area contributed by atoms with Gasteiger partial charge in [0.05, 0.1) is 18.3 Å². The van der Waals surface area contributed by atoms with Crippen molar-refractivity contribution in [2.24, 2.45) is 0 Å². The van der Waals surface area contributed by atoms with E-state index in [0.29, 0.717) is 24.4 Å². The standard InChI is InChI=1S/C11H14N2O3S/c1-2-16-11(15)8-4-3-5-13(8)10(14)9-6-12-7-17-9/h6-8H,2-5H2,1H3. The lowest BCUT2D eigenvalue weighted by Crippen LogP contribution is -2.41. The zero-order chi connectivity index (χ0) is 12.3. The van der Waals surface area contributed by atoms with Crippen LogP contribution in [0.25, 0.3) is 0 Å². The van der Waals surface area contributed by atoms with E-state index in [1.807, 2.05) is 0 Å². The average molecular weight is 254 g/mol. The molecule has 0 saturated carbocycles. The number of rotatable bonds is 3. The molecule has 1 atom stereocenters. The molecule has 92 valence electrons. The van der Waals surface area contributed by atoms with Gasteiger partial charge in [0.1, 0.15) is 10.9 Å². The second-order valence-corrected chi connectivity index (χ2v) is 4.66. The van der Waals surface area contributed by atoms with Crippen molar-refractivity contribution in [3.63, 3.8) is 0 Å². The summed E-state index contributed by atoms with van der Waals surface area (Å²) < 4.78 is 4.98. The Kier molecular flexibility index (Phi) is 3.73. The fourth-order valence-corrected chi connectivity index (χ4v) is 2.53. The van der Waals surface area contributed by atoms with Gasteiger partial charge in [-0.25, -0.2) is 4.79 Å². The highest BCUT2D eigenvalue weighted by Crippen LogP contribution is 2.22. The number of thiazole rings is 1. The molecule has 0 aromatic carbocycles. The van der Waals surface area contributed by atoms with E-state index in [-0.39, 0.29) is 11.9 Å².